The summed E-state index contributed by atoms with van der Waals surface area (Å²) in [6.07, 6.45) is 2.24. The van der Waals surface area contributed by atoms with Gasteiger partial charge in [-0.3, -0.25) is 9.59 Å². The third kappa shape index (κ3) is 3.67. The molecule has 1 aliphatic rings. The second-order valence-electron chi connectivity index (χ2n) is 6.64. The van der Waals surface area contributed by atoms with E-state index in [4.69, 9.17) is 0 Å². The lowest BCUT2D eigenvalue weighted by molar-refractivity contribution is 0.0937. The monoisotopic (exact) mass is 380 g/mol. The van der Waals surface area contributed by atoms with Crippen molar-refractivity contribution in [3.8, 4) is 0 Å². The number of rotatable bonds is 4. The Hall–Kier alpha value is -2.84. The Bertz CT molecular complexity index is 908. The molecule has 27 heavy (non-hydrogen) atoms. The topological polar surface area (TPSA) is 76.0 Å². The molecule has 0 saturated heterocycles. The van der Waals surface area contributed by atoms with Crippen LogP contribution in [0.15, 0.2) is 12.1 Å². The number of halogens is 3. The predicted molar refractivity (Wildman–Crippen MR) is 92.0 cm³/mol. The van der Waals surface area contributed by atoms with Gasteiger partial charge in [0.15, 0.2) is 23.3 Å². The molecule has 1 aliphatic heterocycles. The Morgan fingerprint density at radius 3 is 2.56 bits per heavy atom. The van der Waals surface area contributed by atoms with Crippen molar-refractivity contribution in [1.82, 2.24) is 14.9 Å². The molecule has 0 bridgehead atoms. The van der Waals surface area contributed by atoms with Crippen molar-refractivity contribution in [3.63, 3.8) is 0 Å². The number of hydrogen-bond acceptors (Lipinski definition) is 3. The lowest BCUT2D eigenvalue weighted by Crippen LogP contribution is -2.31. The van der Waals surface area contributed by atoms with E-state index < -0.39 is 35.0 Å². The SMILES string of the molecule is CC(C)NC(=O)c1nc(C(=O)Nc2ccc(F)c(F)c2F)n2c1CCCC2. The van der Waals surface area contributed by atoms with Crippen LogP contribution in [0.1, 0.15) is 53.5 Å². The van der Waals surface area contributed by atoms with Crippen LogP contribution in [-0.2, 0) is 13.0 Å². The van der Waals surface area contributed by atoms with Gasteiger partial charge in [-0.2, -0.15) is 0 Å². The molecule has 0 fully saturated rings. The second kappa shape index (κ2) is 7.42. The van der Waals surface area contributed by atoms with Crippen LogP contribution < -0.4 is 10.6 Å². The van der Waals surface area contributed by atoms with Crippen LogP contribution in [0, 0.1) is 17.5 Å². The van der Waals surface area contributed by atoms with Crippen molar-refractivity contribution >= 4 is 17.5 Å². The van der Waals surface area contributed by atoms with Gasteiger partial charge in [-0.1, -0.05) is 0 Å². The number of nitrogens with zero attached hydrogens (tertiary/aromatic N) is 2. The van der Waals surface area contributed by atoms with Crippen LogP contribution in [-0.4, -0.2) is 27.4 Å². The molecule has 0 spiro atoms. The predicted octanol–water partition coefficient (Wildman–Crippen LogP) is 3.03. The van der Waals surface area contributed by atoms with Gasteiger partial charge in [-0.25, -0.2) is 18.2 Å². The Balaban J connectivity index is 1.94. The third-order valence-electron chi connectivity index (χ3n) is 4.24. The maximum absolute atomic E-state index is 13.8. The normalized spacial score (nSPS) is 13.4. The first-order valence-corrected chi connectivity index (χ1v) is 8.64. The van der Waals surface area contributed by atoms with Gasteiger partial charge in [0.05, 0.1) is 11.4 Å². The quantitative estimate of drug-likeness (QED) is 0.801. The molecule has 0 saturated carbocycles. The van der Waals surface area contributed by atoms with Crippen molar-refractivity contribution < 1.29 is 22.8 Å². The molecule has 3 rings (SSSR count). The minimum atomic E-state index is -1.67. The highest BCUT2D eigenvalue weighted by molar-refractivity contribution is 6.03. The zero-order valence-electron chi connectivity index (χ0n) is 14.9. The fraction of sp³-hybridized carbons (Fsp3) is 0.389. The number of amides is 2. The standard InChI is InChI=1S/C18H19F3N4O2/c1-9(2)22-17(26)15-12-5-3-4-8-25(12)16(24-15)18(27)23-11-7-6-10(19)13(20)14(11)21/h6-7,9H,3-5,8H2,1-2H3,(H,22,26)(H,23,27). The highest BCUT2D eigenvalue weighted by Crippen LogP contribution is 2.24. The van der Waals surface area contributed by atoms with E-state index in [9.17, 15) is 22.8 Å². The molecule has 0 unspecified atom stereocenters. The molecule has 2 heterocycles. The molecule has 1 aromatic carbocycles. The summed E-state index contributed by atoms with van der Waals surface area (Å²) in [5.74, 6) is -5.78. The third-order valence-corrected chi connectivity index (χ3v) is 4.24. The van der Waals surface area contributed by atoms with Crippen molar-refractivity contribution in [2.45, 2.75) is 45.7 Å². The van der Waals surface area contributed by atoms with E-state index in [0.717, 1.165) is 25.0 Å². The summed E-state index contributed by atoms with van der Waals surface area (Å²) in [4.78, 5) is 29.1. The fourth-order valence-corrected chi connectivity index (χ4v) is 3.03. The minimum absolute atomic E-state index is 0.0669. The number of anilines is 1. The molecule has 2 aromatic rings. The first kappa shape index (κ1) is 18.9. The molecule has 0 radical (unpaired) electrons. The number of carbonyl (C=O) groups is 2. The van der Waals surface area contributed by atoms with Crippen LogP contribution >= 0.6 is 0 Å². The summed E-state index contributed by atoms with van der Waals surface area (Å²) in [7, 11) is 0. The van der Waals surface area contributed by atoms with Gasteiger partial charge < -0.3 is 15.2 Å². The molecule has 0 atom stereocenters. The van der Waals surface area contributed by atoms with Crippen LogP contribution in [0.5, 0.6) is 0 Å². The van der Waals surface area contributed by atoms with E-state index in [-0.39, 0.29) is 17.6 Å². The summed E-state index contributed by atoms with van der Waals surface area (Å²) >= 11 is 0. The van der Waals surface area contributed by atoms with Gasteiger partial charge in [0.1, 0.15) is 5.69 Å². The average molecular weight is 380 g/mol. The van der Waals surface area contributed by atoms with E-state index >= 15 is 0 Å². The summed E-state index contributed by atoms with van der Waals surface area (Å²) in [5, 5.41) is 4.94. The van der Waals surface area contributed by atoms with Crippen molar-refractivity contribution in [2.75, 3.05) is 5.32 Å². The van der Waals surface area contributed by atoms with Gasteiger partial charge in [0, 0.05) is 12.6 Å². The Morgan fingerprint density at radius 2 is 1.85 bits per heavy atom. The number of benzene rings is 1. The van der Waals surface area contributed by atoms with E-state index in [2.05, 4.69) is 15.6 Å². The fourth-order valence-electron chi connectivity index (χ4n) is 3.03. The summed E-state index contributed by atoms with van der Waals surface area (Å²) in [6, 6.07) is 1.54. The van der Waals surface area contributed by atoms with Crippen molar-refractivity contribution in [1.29, 1.82) is 0 Å². The smallest absolute Gasteiger partial charge is 0.291 e. The number of nitrogens with one attached hydrogen (secondary N) is 2. The summed E-state index contributed by atoms with van der Waals surface area (Å²) < 4.78 is 41.9. The summed E-state index contributed by atoms with van der Waals surface area (Å²) in [6.45, 7) is 4.10. The molecule has 0 aliphatic carbocycles. The highest BCUT2D eigenvalue weighted by Gasteiger charge is 2.28. The molecule has 2 amide bonds. The average Bonchev–Trinajstić information content (AvgIpc) is 3.01. The molecule has 2 N–H and O–H groups in total. The van der Waals surface area contributed by atoms with Gasteiger partial charge >= 0.3 is 0 Å². The van der Waals surface area contributed by atoms with Crippen molar-refractivity contribution in [2.24, 2.45) is 0 Å². The zero-order valence-corrected chi connectivity index (χ0v) is 14.9. The molecule has 6 nitrogen and oxygen atoms in total. The molecule has 1 aromatic heterocycles. The van der Waals surface area contributed by atoms with Gasteiger partial charge in [0.25, 0.3) is 11.8 Å². The first-order chi connectivity index (χ1) is 12.8. The molecule has 144 valence electrons. The summed E-state index contributed by atoms with van der Waals surface area (Å²) in [5.41, 5.74) is 0.287. The molecule has 9 heteroatoms. The van der Waals surface area contributed by atoms with Gasteiger partial charge in [-0.05, 0) is 45.2 Å². The number of imidazole rings is 1. The molecular weight excluding hydrogens is 361 g/mol. The Kier molecular flexibility index (Phi) is 5.20. The zero-order chi connectivity index (χ0) is 19.7. The highest BCUT2D eigenvalue weighted by atomic mass is 19.2. The lowest BCUT2D eigenvalue weighted by atomic mass is 10.1. The van der Waals surface area contributed by atoms with E-state index in [1.165, 1.54) is 0 Å². The largest absolute Gasteiger partial charge is 0.348 e. The van der Waals surface area contributed by atoms with Gasteiger partial charge in [-0.15, -0.1) is 0 Å². The first-order valence-electron chi connectivity index (χ1n) is 8.64. The van der Waals surface area contributed by atoms with E-state index in [1.54, 1.807) is 18.4 Å². The number of aromatic nitrogens is 2. The van der Waals surface area contributed by atoms with E-state index in [1.807, 2.05) is 0 Å². The van der Waals surface area contributed by atoms with E-state index in [0.29, 0.717) is 18.7 Å². The maximum Gasteiger partial charge on any atom is 0.291 e. The molecular formula is C18H19F3N4O2. The lowest BCUT2D eigenvalue weighted by Gasteiger charge is -2.17. The van der Waals surface area contributed by atoms with Crippen molar-refractivity contribution in [3.05, 3.63) is 46.8 Å². The van der Waals surface area contributed by atoms with Gasteiger partial charge in [0.2, 0.25) is 0 Å². The van der Waals surface area contributed by atoms with Crippen LogP contribution in [0.3, 0.4) is 0 Å². The van der Waals surface area contributed by atoms with Crippen LogP contribution in [0.25, 0.3) is 0 Å². The number of carbonyl (C=O) groups excluding carboxylic acids is 2. The van der Waals surface area contributed by atoms with Crippen LogP contribution in [0.2, 0.25) is 0 Å². The Labute approximate surface area is 153 Å². The second-order valence-corrected chi connectivity index (χ2v) is 6.64. The Morgan fingerprint density at radius 1 is 1.11 bits per heavy atom. The number of hydrogen-bond donors (Lipinski definition) is 2. The van der Waals surface area contributed by atoms with Crippen LogP contribution in [0.4, 0.5) is 18.9 Å². The number of fused-ring (bicyclic) bond motifs is 1. The minimum Gasteiger partial charge on any atom is -0.348 e. The maximum atomic E-state index is 13.8.